The second-order valence-corrected chi connectivity index (χ2v) is 6.28. The number of nitrogens with zero attached hydrogens (tertiary/aromatic N) is 1. The van der Waals surface area contributed by atoms with E-state index in [1.54, 1.807) is 36.5 Å². The molecule has 2 heterocycles. The number of rotatable bonds is 2. The zero-order valence-corrected chi connectivity index (χ0v) is 11.1. The van der Waals surface area contributed by atoms with Crippen LogP contribution in [0.3, 0.4) is 0 Å². The van der Waals surface area contributed by atoms with Crippen molar-refractivity contribution in [2.24, 2.45) is 0 Å². The predicted molar refractivity (Wildman–Crippen MR) is 72.7 cm³/mol. The number of aryl methyl sites for hydroxylation is 1. The first kappa shape index (κ1) is 11.9. The highest BCUT2D eigenvalue weighted by molar-refractivity contribution is 7.91. The summed E-state index contributed by atoms with van der Waals surface area (Å²) < 4.78 is 25.2. The number of aromatic amines is 1. The van der Waals surface area contributed by atoms with Crippen LogP contribution in [0.1, 0.15) is 5.56 Å². The average molecular weight is 272 g/mol. The Labute approximate surface area is 111 Å². The normalized spacial score (nSPS) is 11.8. The molecule has 3 aromatic rings. The van der Waals surface area contributed by atoms with Crippen LogP contribution in [-0.4, -0.2) is 18.4 Å². The third-order valence-corrected chi connectivity index (χ3v) is 4.84. The van der Waals surface area contributed by atoms with Crippen molar-refractivity contribution >= 4 is 20.9 Å². The van der Waals surface area contributed by atoms with Crippen LogP contribution < -0.4 is 0 Å². The summed E-state index contributed by atoms with van der Waals surface area (Å²) in [6.07, 6.45) is 3.20. The number of sulfone groups is 1. The first-order valence-corrected chi connectivity index (χ1v) is 7.31. The lowest BCUT2D eigenvalue weighted by Crippen LogP contribution is -2.03. The molecular weight excluding hydrogens is 260 g/mol. The molecule has 3 rings (SSSR count). The van der Waals surface area contributed by atoms with Crippen molar-refractivity contribution in [2.45, 2.75) is 16.7 Å². The van der Waals surface area contributed by atoms with Gasteiger partial charge in [0.15, 0.2) is 0 Å². The third kappa shape index (κ3) is 1.92. The van der Waals surface area contributed by atoms with E-state index in [0.29, 0.717) is 15.9 Å². The van der Waals surface area contributed by atoms with Gasteiger partial charge in [0.2, 0.25) is 9.84 Å². The van der Waals surface area contributed by atoms with Crippen LogP contribution in [0, 0.1) is 6.92 Å². The van der Waals surface area contributed by atoms with Crippen LogP contribution in [0.5, 0.6) is 0 Å². The lowest BCUT2D eigenvalue weighted by Gasteiger charge is -2.06. The van der Waals surface area contributed by atoms with Gasteiger partial charge in [-0.25, -0.2) is 8.42 Å². The van der Waals surface area contributed by atoms with E-state index < -0.39 is 9.84 Å². The van der Waals surface area contributed by atoms with Gasteiger partial charge in [-0.1, -0.05) is 17.7 Å². The van der Waals surface area contributed by atoms with Gasteiger partial charge in [-0.3, -0.25) is 4.98 Å². The smallest absolute Gasteiger partial charge is 0.208 e. The Hall–Kier alpha value is -2.14. The van der Waals surface area contributed by atoms with Gasteiger partial charge in [-0.2, -0.15) is 0 Å². The largest absolute Gasteiger partial charge is 0.359 e. The Morgan fingerprint density at radius 2 is 1.79 bits per heavy atom. The highest BCUT2D eigenvalue weighted by atomic mass is 32.2. The van der Waals surface area contributed by atoms with Gasteiger partial charge in [0.1, 0.15) is 0 Å². The molecule has 0 radical (unpaired) electrons. The van der Waals surface area contributed by atoms with Crippen LogP contribution in [0.2, 0.25) is 0 Å². The molecule has 0 spiro atoms. The molecule has 1 aromatic carbocycles. The Balaban J connectivity index is 2.25. The average Bonchev–Trinajstić information content (AvgIpc) is 2.87. The minimum absolute atomic E-state index is 0.256. The van der Waals surface area contributed by atoms with Crippen molar-refractivity contribution in [1.29, 1.82) is 0 Å². The lowest BCUT2D eigenvalue weighted by molar-refractivity contribution is 0.596. The topological polar surface area (TPSA) is 62.8 Å². The second-order valence-electron chi connectivity index (χ2n) is 4.36. The van der Waals surface area contributed by atoms with Crippen molar-refractivity contribution in [3.8, 4) is 0 Å². The fourth-order valence-corrected chi connectivity index (χ4v) is 3.42. The van der Waals surface area contributed by atoms with E-state index in [4.69, 9.17) is 0 Å². The zero-order valence-electron chi connectivity index (χ0n) is 10.3. The molecule has 0 saturated heterocycles. The summed E-state index contributed by atoms with van der Waals surface area (Å²) >= 11 is 0. The number of aromatic nitrogens is 2. The fourth-order valence-electron chi connectivity index (χ4n) is 2.00. The minimum atomic E-state index is -3.52. The van der Waals surface area contributed by atoms with Crippen molar-refractivity contribution in [3.05, 3.63) is 54.4 Å². The number of hydrogen-bond acceptors (Lipinski definition) is 3. The van der Waals surface area contributed by atoms with Crippen molar-refractivity contribution in [2.75, 3.05) is 0 Å². The Kier molecular flexibility index (Phi) is 2.64. The van der Waals surface area contributed by atoms with E-state index in [-0.39, 0.29) is 4.90 Å². The first-order valence-electron chi connectivity index (χ1n) is 5.83. The fraction of sp³-hybridized carbons (Fsp3) is 0.0714. The number of benzene rings is 1. The van der Waals surface area contributed by atoms with E-state index in [1.165, 1.54) is 12.3 Å². The summed E-state index contributed by atoms with van der Waals surface area (Å²) in [6.45, 7) is 1.92. The molecule has 0 aliphatic rings. The molecule has 0 aliphatic heterocycles. The number of pyridine rings is 1. The molecule has 96 valence electrons. The summed E-state index contributed by atoms with van der Waals surface area (Å²) in [5.41, 5.74) is 2.22. The van der Waals surface area contributed by atoms with Crippen LogP contribution in [0.4, 0.5) is 0 Å². The van der Waals surface area contributed by atoms with Gasteiger partial charge >= 0.3 is 0 Å². The Morgan fingerprint density at radius 3 is 2.53 bits per heavy atom. The minimum Gasteiger partial charge on any atom is -0.359 e. The Morgan fingerprint density at radius 1 is 1.05 bits per heavy atom. The molecule has 0 atom stereocenters. The third-order valence-electron chi connectivity index (χ3n) is 3.03. The molecule has 1 N–H and O–H groups in total. The second kappa shape index (κ2) is 4.20. The van der Waals surface area contributed by atoms with E-state index in [9.17, 15) is 8.42 Å². The molecule has 2 aromatic heterocycles. The maximum absolute atomic E-state index is 12.6. The van der Waals surface area contributed by atoms with Crippen molar-refractivity contribution in [1.82, 2.24) is 9.97 Å². The van der Waals surface area contributed by atoms with Gasteiger partial charge in [0.05, 0.1) is 20.8 Å². The highest BCUT2D eigenvalue weighted by Gasteiger charge is 2.20. The summed E-state index contributed by atoms with van der Waals surface area (Å²) in [4.78, 5) is 7.61. The number of hydrogen-bond donors (Lipinski definition) is 1. The molecule has 0 unspecified atom stereocenters. The van der Waals surface area contributed by atoms with Crippen molar-refractivity contribution in [3.63, 3.8) is 0 Å². The number of fused-ring (bicyclic) bond motifs is 1. The number of H-pyrrole nitrogens is 1. The summed E-state index contributed by atoms with van der Waals surface area (Å²) in [7, 11) is -3.52. The molecule has 0 fully saturated rings. The van der Waals surface area contributed by atoms with Crippen LogP contribution in [0.15, 0.2) is 58.6 Å². The number of nitrogens with one attached hydrogen (secondary N) is 1. The van der Waals surface area contributed by atoms with Gasteiger partial charge in [-0.15, -0.1) is 0 Å². The standard InChI is InChI=1S/C14H12N2O2S/c1-10-2-4-11(5-3-10)19(17,18)13-7-9-15-12-6-8-16-14(12)13/h2-9,16H,1H3. The van der Waals surface area contributed by atoms with Crippen LogP contribution in [0.25, 0.3) is 11.0 Å². The molecule has 19 heavy (non-hydrogen) atoms. The van der Waals surface area contributed by atoms with E-state index in [2.05, 4.69) is 9.97 Å². The van der Waals surface area contributed by atoms with E-state index >= 15 is 0 Å². The van der Waals surface area contributed by atoms with Crippen LogP contribution in [-0.2, 0) is 9.84 Å². The lowest BCUT2D eigenvalue weighted by atomic mass is 10.2. The highest BCUT2D eigenvalue weighted by Crippen LogP contribution is 2.26. The quantitative estimate of drug-likeness (QED) is 0.780. The SMILES string of the molecule is Cc1ccc(S(=O)(=O)c2ccnc3cc[nH]c23)cc1. The predicted octanol–water partition coefficient (Wildman–Crippen LogP) is 2.70. The Bertz CT molecular complexity index is 833. The van der Waals surface area contributed by atoms with E-state index in [1.807, 2.05) is 6.92 Å². The maximum Gasteiger partial charge on any atom is 0.208 e. The first-order chi connectivity index (χ1) is 9.09. The molecule has 0 saturated carbocycles. The molecule has 0 aliphatic carbocycles. The maximum atomic E-state index is 12.6. The van der Waals surface area contributed by atoms with Gasteiger partial charge in [-0.05, 0) is 31.2 Å². The molecule has 5 heteroatoms. The van der Waals surface area contributed by atoms with Gasteiger partial charge in [0, 0.05) is 12.4 Å². The molecule has 4 nitrogen and oxygen atoms in total. The molecule has 0 amide bonds. The monoisotopic (exact) mass is 272 g/mol. The summed E-state index contributed by atoms with van der Waals surface area (Å²) in [5.74, 6) is 0. The summed E-state index contributed by atoms with van der Waals surface area (Å²) in [5, 5.41) is 0. The van der Waals surface area contributed by atoms with Crippen molar-refractivity contribution < 1.29 is 8.42 Å². The summed E-state index contributed by atoms with van der Waals surface area (Å²) in [6, 6.07) is 10.1. The van der Waals surface area contributed by atoms with Gasteiger partial charge in [0.25, 0.3) is 0 Å². The molecular formula is C14H12N2O2S. The van der Waals surface area contributed by atoms with Gasteiger partial charge < -0.3 is 4.98 Å². The van der Waals surface area contributed by atoms with E-state index in [0.717, 1.165) is 5.56 Å². The molecule has 0 bridgehead atoms. The van der Waals surface area contributed by atoms with Crippen LogP contribution >= 0.6 is 0 Å². The zero-order chi connectivity index (χ0) is 13.5.